The van der Waals surface area contributed by atoms with Gasteiger partial charge in [-0.25, -0.2) is 4.79 Å². The second-order valence-corrected chi connectivity index (χ2v) is 7.81. The van der Waals surface area contributed by atoms with E-state index in [2.05, 4.69) is 5.32 Å². The molecule has 3 aromatic rings. The first kappa shape index (κ1) is 20.9. The minimum absolute atomic E-state index is 0.0918. The predicted octanol–water partition coefficient (Wildman–Crippen LogP) is 5.86. The van der Waals surface area contributed by atoms with E-state index in [9.17, 15) is 27.9 Å². The van der Waals surface area contributed by atoms with Gasteiger partial charge in [-0.2, -0.15) is 13.2 Å². The van der Waals surface area contributed by atoms with E-state index < -0.39 is 17.7 Å². The number of amides is 1. The lowest BCUT2D eigenvalue weighted by molar-refractivity contribution is -0.137. The number of aromatic carboxylic acids is 1. The average Bonchev–Trinajstić information content (AvgIpc) is 3.10. The highest BCUT2D eigenvalue weighted by molar-refractivity contribution is 8.00. The smallest absolute Gasteiger partial charge is 0.416 e. The molecule has 150 valence electrons. The van der Waals surface area contributed by atoms with Gasteiger partial charge in [0.05, 0.1) is 21.9 Å². The van der Waals surface area contributed by atoms with Crippen LogP contribution in [0.15, 0.2) is 64.9 Å². The first-order chi connectivity index (χ1) is 13.8. The molecule has 0 aliphatic heterocycles. The topological polar surface area (TPSA) is 66.4 Å². The molecule has 0 atom stereocenters. The van der Waals surface area contributed by atoms with Crippen molar-refractivity contribution >= 4 is 40.7 Å². The van der Waals surface area contributed by atoms with Gasteiger partial charge in [0.25, 0.3) is 0 Å². The van der Waals surface area contributed by atoms with Gasteiger partial charge < -0.3 is 10.4 Å². The van der Waals surface area contributed by atoms with E-state index in [1.165, 1.54) is 29.3 Å². The van der Waals surface area contributed by atoms with E-state index in [4.69, 9.17) is 0 Å². The highest BCUT2D eigenvalue weighted by Gasteiger charge is 2.30. The van der Waals surface area contributed by atoms with Crippen LogP contribution in [0.1, 0.15) is 15.9 Å². The monoisotopic (exact) mass is 437 g/mol. The van der Waals surface area contributed by atoms with Crippen LogP contribution < -0.4 is 5.32 Å². The maximum atomic E-state index is 12.7. The molecule has 1 amide bonds. The first-order valence-electron chi connectivity index (χ1n) is 8.26. The number of anilines is 1. The van der Waals surface area contributed by atoms with Crippen molar-refractivity contribution in [2.45, 2.75) is 11.1 Å². The number of thioether (sulfide) groups is 1. The van der Waals surface area contributed by atoms with E-state index in [1.807, 2.05) is 30.3 Å². The van der Waals surface area contributed by atoms with E-state index in [0.717, 1.165) is 28.4 Å². The van der Waals surface area contributed by atoms with Gasteiger partial charge in [-0.05, 0) is 29.8 Å². The third kappa shape index (κ3) is 5.18. The zero-order chi connectivity index (χ0) is 21.0. The number of halogens is 3. The summed E-state index contributed by atoms with van der Waals surface area (Å²) in [5, 5.41) is 13.6. The minimum atomic E-state index is -4.47. The van der Waals surface area contributed by atoms with Crippen LogP contribution in [0.4, 0.5) is 18.9 Å². The van der Waals surface area contributed by atoms with Gasteiger partial charge in [-0.15, -0.1) is 23.1 Å². The number of alkyl halides is 3. The van der Waals surface area contributed by atoms with Crippen LogP contribution in [0.5, 0.6) is 0 Å². The Labute approximate surface area is 172 Å². The molecule has 3 rings (SSSR count). The molecule has 1 heterocycles. The summed E-state index contributed by atoms with van der Waals surface area (Å²) in [5.74, 6) is -1.56. The summed E-state index contributed by atoms with van der Waals surface area (Å²) >= 11 is 2.35. The molecule has 2 N–H and O–H groups in total. The van der Waals surface area contributed by atoms with Crippen molar-refractivity contribution in [3.05, 3.63) is 71.1 Å². The van der Waals surface area contributed by atoms with Crippen molar-refractivity contribution < 1.29 is 27.9 Å². The fourth-order valence-electron chi connectivity index (χ4n) is 2.54. The molecule has 29 heavy (non-hydrogen) atoms. The summed E-state index contributed by atoms with van der Waals surface area (Å²) in [6.07, 6.45) is -4.47. The Hall–Kier alpha value is -2.78. The van der Waals surface area contributed by atoms with Crippen molar-refractivity contribution in [1.29, 1.82) is 0 Å². The molecule has 1 aromatic heterocycles. The Balaban J connectivity index is 1.78. The number of carboxylic acid groups (broad SMARTS) is 1. The fourth-order valence-corrected chi connectivity index (χ4v) is 4.26. The molecule has 4 nitrogen and oxygen atoms in total. The normalized spacial score (nSPS) is 11.3. The second kappa shape index (κ2) is 8.71. The molecule has 0 fully saturated rings. The quantitative estimate of drug-likeness (QED) is 0.474. The van der Waals surface area contributed by atoms with Crippen LogP contribution >= 0.6 is 23.1 Å². The third-order valence-electron chi connectivity index (χ3n) is 3.87. The summed E-state index contributed by atoms with van der Waals surface area (Å²) in [4.78, 5) is 25.1. The van der Waals surface area contributed by atoms with Gasteiger partial charge in [0.15, 0.2) is 0 Å². The molecule has 0 saturated heterocycles. The van der Waals surface area contributed by atoms with E-state index in [0.29, 0.717) is 5.56 Å². The molecule has 0 unspecified atom stereocenters. The lowest BCUT2D eigenvalue weighted by Crippen LogP contribution is -2.15. The summed E-state index contributed by atoms with van der Waals surface area (Å²) in [7, 11) is 0. The Bertz CT molecular complexity index is 1020. The summed E-state index contributed by atoms with van der Waals surface area (Å²) in [5.41, 5.74) is -0.510. The standard InChI is InChI=1S/C20H14F3NO3S2/c21-20(22,23)13-8-6-12(7-9-13)18-17(19(26)27)15(10-29-18)24-16(25)11-28-14-4-2-1-3-5-14/h1-10H,11H2,(H,24,25)(H,26,27). The van der Waals surface area contributed by atoms with Crippen LogP contribution in [0.25, 0.3) is 10.4 Å². The van der Waals surface area contributed by atoms with Gasteiger partial charge in [0.1, 0.15) is 5.56 Å². The van der Waals surface area contributed by atoms with Crippen LogP contribution in [-0.2, 0) is 11.0 Å². The number of nitrogens with one attached hydrogen (secondary N) is 1. The zero-order valence-electron chi connectivity index (χ0n) is 14.7. The molecule has 0 bridgehead atoms. The largest absolute Gasteiger partial charge is 0.478 e. The number of benzene rings is 2. The second-order valence-electron chi connectivity index (χ2n) is 5.88. The van der Waals surface area contributed by atoms with Crippen molar-refractivity contribution in [3.63, 3.8) is 0 Å². The number of carboxylic acids is 1. The predicted molar refractivity (Wildman–Crippen MR) is 108 cm³/mol. The molecule has 0 spiro atoms. The Morgan fingerprint density at radius 2 is 1.69 bits per heavy atom. The number of hydrogen-bond acceptors (Lipinski definition) is 4. The van der Waals surface area contributed by atoms with Crippen LogP contribution in [0.3, 0.4) is 0 Å². The molecule has 0 aliphatic carbocycles. The average molecular weight is 437 g/mol. The lowest BCUT2D eigenvalue weighted by atomic mass is 10.1. The summed E-state index contributed by atoms with van der Waals surface area (Å²) in [6, 6.07) is 13.5. The number of carbonyl (C=O) groups is 2. The van der Waals surface area contributed by atoms with E-state index in [1.54, 1.807) is 0 Å². The fraction of sp³-hybridized carbons (Fsp3) is 0.100. The molecule has 2 aromatic carbocycles. The molecule has 0 radical (unpaired) electrons. The van der Waals surface area contributed by atoms with Gasteiger partial charge in [0.2, 0.25) is 5.91 Å². The summed E-state index contributed by atoms with van der Waals surface area (Å²) < 4.78 is 38.2. The maximum absolute atomic E-state index is 12.7. The Morgan fingerprint density at radius 3 is 2.28 bits per heavy atom. The Kier molecular flexibility index (Phi) is 6.29. The van der Waals surface area contributed by atoms with E-state index >= 15 is 0 Å². The number of rotatable bonds is 6. The maximum Gasteiger partial charge on any atom is 0.416 e. The highest BCUT2D eigenvalue weighted by Crippen LogP contribution is 2.38. The Morgan fingerprint density at radius 1 is 1.03 bits per heavy atom. The molecule has 9 heteroatoms. The van der Waals surface area contributed by atoms with Gasteiger partial charge in [0, 0.05) is 10.3 Å². The van der Waals surface area contributed by atoms with Gasteiger partial charge >= 0.3 is 12.1 Å². The van der Waals surface area contributed by atoms with Crippen LogP contribution in [0.2, 0.25) is 0 Å². The number of carbonyl (C=O) groups excluding carboxylic acids is 1. The SMILES string of the molecule is O=C(CSc1ccccc1)Nc1csc(-c2ccc(C(F)(F)F)cc2)c1C(=O)O. The van der Waals surface area contributed by atoms with Gasteiger partial charge in [-0.3, -0.25) is 4.79 Å². The van der Waals surface area contributed by atoms with Gasteiger partial charge in [-0.1, -0.05) is 30.3 Å². The highest BCUT2D eigenvalue weighted by atomic mass is 32.2. The molecule has 0 aliphatic rings. The molecule has 0 saturated carbocycles. The minimum Gasteiger partial charge on any atom is -0.478 e. The third-order valence-corrected chi connectivity index (χ3v) is 5.91. The molecular weight excluding hydrogens is 423 g/mol. The van der Waals surface area contributed by atoms with Crippen molar-refractivity contribution in [1.82, 2.24) is 0 Å². The first-order valence-corrected chi connectivity index (χ1v) is 10.1. The number of thiophene rings is 1. The lowest BCUT2D eigenvalue weighted by Gasteiger charge is -2.08. The summed E-state index contributed by atoms with van der Waals surface area (Å²) in [6.45, 7) is 0. The number of hydrogen-bond donors (Lipinski definition) is 2. The zero-order valence-corrected chi connectivity index (χ0v) is 16.3. The van der Waals surface area contributed by atoms with Crippen molar-refractivity contribution in [2.75, 3.05) is 11.1 Å². The van der Waals surface area contributed by atoms with Crippen molar-refractivity contribution in [3.8, 4) is 10.4 Å². The van der Waals surface area contributed by atoms with E-state index in [-0.39, 0.29) is 27.8 Å². The molecular formula is C20H14F3NO3S2. The van der Waals surface area contributed by atoms with Crippen LogP contribution in [0, 0.1) is 0 Å². The van der Waals surface area contributed by atoms with Crippen molar-refractivity contribution in [2.24, 2.45) is 0 Å². The van der Waals surface area contributed by atoms with Crippen LogP contribution in [-0.4, -0.2) is 22.7 Å².